The summed E-state index contributed by atoms with van der Waals surface area (Å²) < 4.78 is 6.70. The average molecular weight is 206 g/mol. The van der Waals surface area contributed by atoms with Crippen LogP contribution in [-0.2, 0) is 4.74 Å². The zero-order valence-corrected chi connectivity index (χ0v) is 9.52. The van der Waals surface area contributed by atoms with Crippen LogP contribution in [0.1, 0.15) is 23.5 Å². The van der Waals surface area contributed by atoms with Crippen molar-refractivity contribution in [3.63, 3.8) is 0 Å². The molecule has 74 valence electrons. The van der Waals surface area contributed by atoms with Crippen LogP contribution in [0.25, 0.3) is 10.1 Å². The Hall–Kier alpha value is -0.860. The van der Waals surface area contributed by atoms with Crippen molar-refractivity contribution in [1.82, 2.24) is 0 Å². The van der Waals surface area contributed by atoms with Crippen LogP contribution in [0.3, 0.4) is 0 Å². The summed E-state index contributed by atoms with van der Waals surface area (Å²) in [5.41, 5.74) is 1.35. The lowest BCUT2D eigenvalue weighted by Crippen LogP contribution is -1.90. The van der Waals surface area contributed by atoms with Crippen LogP contribution in [0.15, 0.2) is 24.3 Å². The smallest absolute Gasteiger partial charge is 0.0885 e. The predicted octanol–water partition coefficient (Wildman–Crippen LogP) is 3.92. The molecule has 1 unspecified atom stereocenters. The Morgan fingerprint density at radius 3 is 2.79 bits per heavy atom. The summed E-state index contributed by atoms with van der Waals surface area (Å²) in [6, 6.07) is 8.64. The fraction of sp³-hybridized carbons (Fsp3) is 0.333. The number of ether oxygens (including phenoxy) is 1. The molecule has 14 heavy (non-hydrogen) atoms. The monoisotopic (exact) mass is 206 g/mol. The third-order valence-electron chi connectivity index (χ3n) is 2.51. The molecule has 1 nitrogen and oxygen atoms in total. The minimum atomic E-state index is 0.201. The highest BCUT2D eigenvalue weighted by Gasteiger charge is 2.09. The zero-order chi connectivity index (χ0) is 10.1. The Bertz CT molecular complexity index is 445. The van der Waals surface area contributed by atoms with Crippen molar-refractivity contribution in [2.45, 2.75) is 20.0 Å². The molecule has 0 spiro atoms. The van der Waals surface area contributed by atoms with E-state index >= 15 is 0 Å². The number of methoxy groups -OCH3 is 1. The van der Waals surface area contributed by atoms with E-state index in [1.165, 1.54) is 20.5 Å². The van der Waals surface area contributed by atoms with Gasteiger partial charge in [0.1, 0.15) is 0 Å². The molecule has 0 aliphatic carbocycles. The third-order valence-corrected chi connectivity index (χ3v) is 3.96. The van der Waals surface area contributed by atoms with Crippen LogP contribution in [-0.4, -0.2) is 7.11 Å². The minimum absolute atomic E-state index is 0.201. The molecule has 0 amide bonds. The molecule has 0 radical (unpaired) electrons. The number of aryl methyl sites for hydroxylation is 1. The number of fused-ring (bicyclic) bond motifs is 1. The molecule has 0 saturated carbocycles. The Morgan fingerprint density at radius 2 is 2.14 bits per heavy atom. The van der Waals surface area contributed by atoms with E-state index in [1.54, 1.807) is 7.11 Å². The number of hydrogen-bond acceptors (Lipinski definition) is 2. The topological polar surface area (TPSA) is 9.23 Å². The van der Waals surface area contributed by atoms with Gasteiger partial charge in [0.25, 0.3) is 0 Å². The van der Waals surface area contributed by atoms with Crippen LogP contribution in [0.4, 0.5) is 0 Å². The van der Waals surface area contributed by atoms with Crippen LogP contribution in [0.5, 0.6) is 0 Å². The van der Waals surface area contributed by atoms with E-state index in [9.17, 15) is 0 Å². The Morgan fingerprint density at radius 1 is 1.36 bits per heavy atom. The fourth-order valence-electron chi connectivity index (χ4n) is 1.55. The number of benzene rings is 1. The van der Waals surface area contributed by atoms with Crippen LogP contribution in [0, 0.1) is 6.92 Å². The molecule has 1 aromatic carbocycles. The van der Waals surface area contributed by atoms with Gasteiger partial charge in [-0.05, 0) is 30.9 Å². The van der Waals surface area contributed by atoms with E-state index in [-0.39, 0.29) is 6.10 Å². The summed E-state index contributed by atoms with van der Waals surface area (Å²) in [6.45, 7) is 4.24. The predicted molar refractivity (Wildman–Crippen MR) is 62.0 cm³/mol. The van der Waals surface area contributed by atoms with Gasteiger partial charge in [0, 0.05) is 16.7 Å². The van der Waals surface area contributed by atoms with Crippen molar-refractivity contribution >= 4 is 21.4 Å². The lowest BCUT2D eigenvalue weighted by Gasteiger charge is -2.04. The van der Waals surface area contributed by atoms with E-state index in [4.69, 9.17) is 4.74 Å². The maximum Gasteiger partial charge on any atom is 0.0885 e. The summed E-state index contributed by atoms with van der Waals surface area (Å²) in [5.74, 6) is 0. The molecule has 0 saturated heterocycles. The summed E-state index contributed by atoms with van der Waals surface area (Å²) in [7, 11) is 1.75. The Balaban J connectivity index is 2.56. The van der Waals surface area contributed by atoms with Crippen molar-refractivity contribution in [3.8, 4) is 0 Å². The number of thiophene rings is 1. The second-order valence-electron chi connectivity index (χ2n) is 3.52. The van der Waals surface area contributed by atoms with Gasteiger partial charge < -0.3 is 4.74 Å². The summed E-state index contributed by atoms with van der Waals surface area (Å²) >= 11 is 1.83. The molecular weight excluding hydrogens is 192 g/mol. The first-order valence-electron chi connectivity index (χ1n) is 4.74. The molecule has 1 aromatic heterocycles. The van der Waals surface area contributed by atoms with Crippen LogP contribution in [0.2, 0.25) is 0 Å². The SMILES string of the molecule is COC(C)c1cc2cccc(C)c2s1. The molecule has 0 fully saturated rings. The van der Waals surface area contributed by atoms with Gasteiger partial charge in [-0.1, -0.05) is 18.2 Å². The van der Waals surface area contributed by atoms with Crippen molar-refractivity contribution in [1.29, 1.82) is 0 Å². The first-order chi connectivity index (χ1) is 6.72. The molecule has 0 N–H and O–H groups in total. The molecule has 0 bridgehead atoms. The quantitative estimate of drug-likeness (QED) is 0.723. The van der Waals surface area contributed by atoms with E-state index in [2.05, 4.69) is 38.1 Å². The lowest BCUT2D eigenvalue weighted by molar-refractivity contribution is 0.122. The van der Waals surface area contributed by atoms with Crippen LogP contribution < -0.4 is 0 Å². The molecule has 1 atom stereocenters. The second-order valence-corrected chi connectivity index (χ2v) is 4.60. The summed E-state index contributed by atoms with van der Waals surface area (Å²) in [6.07, 6.45) is 0.201. The van der Waals surface area contributed by atoms with Crippen molar-refractivity contribution in [2.24, 2.45) is 0 Å². The van der Waals surface area contributed by atoms with Gasteiger partial charge in [-0.15, -0.1) is 11.3 Å². The molecule has 1 heterocycles. The first kappa shape index (κ1) is 9.69. The maximum absolute atomic E-state index is 5.32. The highest BCUT2D eigenvalue weighted by Crippen LogP contribution is 2.32. The molecule has 2 heteroatoms. The highest BCUT2D eigenvalue weighted by molar-refractivity contribution is 7.19. The van der Waals surface area contributed by atoms with E-state index in [1.807, 2.05) is 11.3 Å². The van der Waals surface area contributed by atoms with Gasteiger partial charge >= 0.3 is 0 Å². The van der Waals surface area contributed by atoms with Gasteiger partial charge in [0.05, 0.1) is 6.10 Å². The highest BCUT2D eigenvalue weighted by atomic mass is 32.1. The van der Waals surface area contributed by atoms with Gasteiger partial charge in [-0.3, -0.25) is 0 Å². The lowest BCUT2D eigenvalue weighted by atomic mass is 10.2. The molecular formula is C12H14OS. The van der Waals surface area contributed by atoms with Gasteiger partial charge in [-0.25, -0.2) is 0 Å². The molecule has 0 aliphatic rings. The van der Waals surface area contributed by atoms with Crippen LogP contribution >= 0.6 is 11.3 Å². The normalized spacial score (nSPS) is 13.4. The molecule has 2 aromatic rings. The minimum Gasteiger partial charge on any atom is -0.376 e. The van der Waals surface area contributed by atoms with Crippen molar-refractivity contribution in [2.75, 3.05) is 7.11 Å². The van der Waals surface area contributed by atoms with E-state index in [0.717, 1.165) is 0 Å². The first-order valence-corrected chi connectivity index (χ1v) is 5.56. The Kier molecular flexibility index (Phi) is 2.57. The van der Waals surface area contributed by atoms with E-state index < -0.39 is 0 Å². The second kappa shape index (κ2) is 3.71. The average Bonchev–Trinajstić information content (AvgIpc) is 2.62. The third kappa shape index (κ3) is 1.56. The van der Waals surface area contributed by atoms with Crippen molar-refractivity contribution in [3.05, 3.63) is 34.7 Å². The number of rotatable bonds is 2. The standard InChI is InChI=1S/C12H14OS/c1-8-5-4-6-10-7-11(9(2)13-3)14-12(8)10/h4-7,9H,1-3H3. The van der Waals surface area contributed by atoms with E-state index in [0.29, 0.717) is 0 Å². The zero-order valence-electron chi connectivity index (χ0n) is 8.70. The van der Waals surface area contributed by atoms with Gasteiger partial charge in [0.15, 0.2) is 0 Å². The van der Waals surface area contributed by atoms with Crippen molar-refractivity contribution < 1.29 is 4.74 Å². The van der Waals surface area contributed by atoms with Gasteiger partial charge in [0.2, 0.25) is 0 Å². The largest absolute Gasteiger partial charge is 0.376 e. The fourth-order valence-corrected chi connectivity index (χ4v) is 2.70. The summed E-state index contributed by atoms with van der Waals surface area (Å²) in [5, 5.41) is 1.33. The summed E-state index contributed by atoms with van der Waals surface area (Å²) in [4.78, 5) is 1.30. The number of hydrogen-bond donors (Lipinski definition) is 0. The molecule has 2 rings (SSSR count). The molecule has 0 aliphatic heterocycles. The Labute approximate surface area is 88.3 Å². The van der Waals surface area contributed by atoms with Gasteiger partial charge in [-0.2, -0.15) is 0 Å². The maximum atomic E-state index is 5.32.